The molecule has 5 heteroatoms. The van der Waals surface area contributed by atoms with E-state index in [1.54, 1.807) is 0 Å². The molecule has 2 aliphatic heterocycles. The highest BCUT2D eigenvalue weighted by Crippen LogP contribution is 2.54. The molecule has 0 bridgehead atoms. The summed E-state index contributed by atoms with van der Waals surface area (Å²) in [4.78, 5) is 5.55. The van der Waals surface area contributed by atoms with Crippen LogP contribution in [0.3, 0.4) is 0 Å². The molecule has 0 saturated heterocycles. The largest absolute Gasteiger partial charge is 0.311 e. The zero-order valence-corrected chi connectivity index (χ0v) is 54.9. The third-order valence-electron chi connectivity index (χ3n) is 20.1. The fourth-order valence-corrected chi connectivity index (χ4v) is 15.5. The molecule has 0 aliphatic carbocycles. The number of rotatable bonds is 13. The molecule has 2 aromatic heterocycles. The first-order chi connectivity index (χ1) is 45.4. The second kappa shape index (κ2) is 22.9. The van der Waals surface area contributed by atoms with Gasteiger partial charge >= 0.3 is 0 Å². The van der Waals surface area contributed by atoms with Crippen molar-refractivity contribution < 1.29 is 0 Å². The van der Waals surface area contributed by atoms with Crippen LogP contribution in [0.2, 0.25) is 0 Å². The van der Waals surface area contributed by atoms with Gasteiger partial charge in [-0.3, -0.25) is 0 Å². The van der Waals surface area contributed by atoms with Gasteiger partial charge in [0.05, 0.1) is 33.4 Å². The molecular formula is C88H79BN4. The Morgan fingerprint density at radius 2 is 0.677 bits per heavy atom. The molecule has 93 heavy (non-hydrogen) atoms. The number of nitrogens with zero attached hydrogens (tertiary/aromatic N) is 4. The highest BCUT2D eigenvalue weighted by molar-refractivity contribution is 7.00. The Labute approximate surface area is 549 Å². The van der Waals surface area contributed by atoms with Crippen LogP contribution in [0.15, 0.2) is 261 Å². The zero-order chi connectivity index (χ0) is 63.3. The van der Waals surface area contributed by atoms with E-state index in [9.17, 15) is 0 Å². The van der Waals surface area contributed by atoms with E-state index < -0.39 is 0 Å². The molecule has 454 valence electrons. The minimum Gasteiger partial charge on any atom is -0.311 e. The molecular weight excluding hydrogens is 1120 g/mol. The third-order valence-corrected chi connectivity index (χ3v) is 20.1. The lowest BCUT2D eigenvalue weighted by Crippen LogP contribution is -2.61. The molecule has 4 heterocycles. The van der Waals surface area contributed by atoms with Gasteiger partial charge in [-0.25, -0.2) is 0 Å². The first-order valence-corrected chi connectivity index (χ1v) is 33.9. The maximum atomic E-state index is 2.81. The molecule has 4 nitrogen and oxygen atoms in total. The number of hydrogen-bond acceptors (Lipinski definition) is 2. The number of aromatic nitrogens is 2. The summed E-state index contributed by atoms with van der Waals surface area (Å²) in [7, 11) is 0. The van der Waals surface area contributed by atoms with E-state index in [-0.39, 0.29) is 17.5 Å². The first-order valence-electron chi connectivity index (χ1n) is 33.9. The van der Waals surface area contributed by atoms with Gasteiger partial charge in [0.25, 0.3) is 6.71 Å². The van der Waals surface area contributed by atoms with Gasteiger partial charge in [-0.05, 0) is 170 Å². The number of hydrogen-bond donors (Lipinski definition) is 0. The lowest BCUT2D eigenvalue weighted by Gasteiger charge is -2.46. The monoisotopic (exact) mass is 1200 g/mol. The van der Waals surface area contributed by atoms with Gasteiger partial charge in [-0.15, -0.1) is 0 Å². The predicted octanol–water partition coefficient (Wildman–Crippen LogP) is 22.2. The highest BCUT2D eigenvalue weighted by Gasteiger charge is 2.46. The van der Waals surface area contributed by atoms with Crippen LogP contribution in [-0.4, -0.2) is 15.8 Å². The number of fused-ring (bicyclic) bond motifs is 10. The zero-order valence-electron chi connectivity index (χ0n) is 54.9. The summed E-state index contributed by atoms with van der Waals surface area (Å²) < 4.78 is 5.04. The summed E-state index contributed by atoms with van der Waals surface area (Å²) in [5.74, 6) is 0. The number of benzene rings is 12. The molecule has 0 unspecified atom stereocenters. The Morgan fingerprint density at radius 3 is 1.06 bits per heavy atom. The quantitative estimate of drug-likeness (QED) is 0.107. The molecule has 16 rings (SSSR count). The van der Waals surface area contributed by atoms with Crippen molar-refractivity contribution in [1.82, 2.24) is 9.13 Å². The average Bonchev–Trinajstić information content (AvgIpc) is 1.45. The summed E-state index contributed by atoms with van der Waals surface area (Å²) in [5, 5.41) is 5.01. The molecule has 0 N–H and O–H groups in total. The lowest BCUT2D eigenvalue weighted by molar-refractivity contribution is 0.587. The minimum absolute atomic E-state index is 0.0499. The van der Waals surface area contributed by atoms with Crippen molar-refractivity contribution in [2.75, 3.05) is 9.80 Å². The van der Waals surface area contributed by atoms with E-state index in [1.807, 2.05) is 0 Å². The van der Waals surface area contributed by atoms with E-state index >= 15 is 0 Å². The van der Waals surface area contributed by atoms with E-state index in [4.69, 9.17) is 0 Å². The standard InChI is InChI=1S/C88H79BN4/c1-9-11-30-61-50-64(87(3,4)5)51-62(31-12-10-2)85(61)92-80-56-66(90-76-42-26-22-38-68(76)69-39-23-27-43-77(69)90)46-48-74(80)89-75-49-47-67(91-78-44-28-24-40-70(78)71-41-25-29-45-79(71)91)57-81(75)93(83-55-65(88(6,7)8)54-82(92)84(83)89)86-72(59-34-18-14-19-35-59)52-63(58-32-16-13-17-33-58)53-73(86)60-36-20-15-21-37-60/h13-29,32-57H,9-12,30-31H2,1-8H3. The Balaban J connectivity index is 1.09. The summed E-state index contributed by atoms with van der Waals surface area (Å²) in [6, 6.07) is 99.7. The van der Waals surface area contributed by atoms with Gasteiger partial charge < -0.3 is 18.9 Å². The third kappa shape index (κ3) is 9.72. The number of aryl methyl sites for hydroxylation is 2. The molecule has 2 aliphatic rings. The Bertz CT molecular complexity index is 5020. The van der Waals surface area contributed by atoms with Crippen LogP contribution >= 0.6 is 0 Å². The molecule has 0 amide bonds. The van der Waals surface area contributed by atoms with Gasteiger partial charge in [0.15, 0.2) is 0 Å². The second-order valence-corrected chi connectivity index (χ2v) is 28.1. The summed E-state index contributed by atoms with van der Waals surface area (Å²) >= 11 is 0. The van der Waals surface area contributed by atoms with Crippen LogP contribution in [0.4, 0.5) is 34.1 Å². The van der Waals surface area contributed by atoms with E-state index in [2.05, 4.69) is 335 Å². The smallest absolute Gasteiger partial charge is 0.252 e. The van der Waals surface area contributed by atoms with Crippen molar-refractivity contribution in [3.05, 3.63) is 283 Å². The fraction of sp³-hybridized carbons (Fsp3) is 0.182. The molecule has 14 aromatic rings. The molecule has 0 fully saturated rings. The predicted molar refractivity (Wildman–Crippen MR) is 400 cm³/mol. The maximum Gasteiger partial charge on any atom is 0.252 e. The van der Waals surface area contributed by atoms with Crippen molar-refractivity contribution >= 4 is 101 Å². The van der Waals surface area contributed by atoms with Gasteiger partial charge in [0, 0.05) is 66.8 Å². The number of para-hydroxylation sites is 4. The molecule has 0 saturated carbocycles. The van der Waals surface area contributed by atoms with Crippen LogP contribution in [0, 0.1) is 0 Å². The lowest BCUT2D eigenvalue weighted by atomic mass is 9.33. The average molecular weight is 1200 g/mol. The maximum absolute atomic E-state index is 2.81. The van der Waals surface area contributed by atoms with Gasteiger partial charge in [0.2, 0.25) is 0 Å². The fourth-order valence-electron chi connectivity index (χ4n) is 15.5. The van der Waals surface area contributed by atoms with Crippen molar-refractivity contribution in [3.8, 4) is 44.8 Å². The van der Waals surface area contributed by atoms with Gasteiger partial charge in [-0.2, -0.15) is 0 Å². The van der Waals surface area contributed by atoms with Crippen molar-refractivity contribution in [1.29, 1.82) is 0 Å². The van der Waals surface area contributed by atoms with Gasteiger partial charge in [0.1, 0.15) is 0 Å². The highest BCUT2D eigenvalue weighted by atomic mass is 15.2. The van der Waals surface area contributed by atoms with Crippen molar-refractivity contribution in [2.24, 2.45) is 0 Å². The normalized spacial score (nSPS) is 12.9. The van der Waals surface area contributed by atoms with E-state index in [0.717, 1.165) is 66.7 Å². The van der Waals surface area contributed by atoms with Gasteiger partial charge in [-0.1, -0.05) is 256 Å². The van der Waals surface area contributed by atoms with Crippen LogP contribution in [0.1, 0.15) is 103 Å². The summed E-state index contributed by atoms with van der Waals surface area (Å²) in [5.41, 5.74) is 30.6. The minimum atomic E-state index is -0.261. The SMILES string of the molecule is CCCCc1cc(C(C)(C)C)cc(CCCC)c1N1c2cc(-n3c4ccccc4c4ccccc43)ccc2B2c3ccc(-n4c5ccccc5c5ccccc54)cc3N(c3c(-c4ccccc4)cc(-c4ccccc4)cc3-c3ccccc3)c3cc(C(C)(C)C)cc1c32. The Morgan fingerprint density at radius 1 is 0.323 bits per heavy atom. The van der Waals surface area contributed by atoms with Crippen molar-refractivity contribution in [2.45, 2.75) is 105 Å². The summed E-state index contributed by atoms with van der Waals surface area (Å²) in [6.45, 7) is 19.0. The van der Waals surface area contributed by atoms with Crippen LogP contribution < -0.4 is 26.2 Å². The summed E-state index contributed by atoms with van der Waals surface area (Å²) in [6.07, 6.45) is 6.36. The number of unbranched alkanes of at least 4 members (excludes halogenated alkanes) is 2. The van der Waals surface area contributed by atoms with Crippen LogP contribution in [0.25, 0.3) is 88.4 Å². The van der Waals surface area contributed by atoms with Crippen LogP contribution in [-0.2, 0) is 23.7 Å². The molecule has 0 atom stereocenters. The molecule has 0 spiro atoms. The molecule has 0 radical (unpaired) electrons. The van der Waals surface area contributed by atoms with Crippen LogP contribution in [0.5, 0.6) is 0 Å². The second-order valence-electron chi connectivity index (χ2n) is 28.1. The Hall–Kier alpha value is -10.1. The van der Waals surface area contributed by atoms with E-state index in [0.29, 0.717) is 0 Å². The van der Waals surface area contributed by atoms with E-state index in [1.165, 1.54) is 133 Å². The Kier molecular flexibility index (Phi) is 14.3. The molecule has 12 aromatic carbocycles. The van der Waals surface area contributed by atoms with Crippen molar-refractivity contribution in [3.63, 3.8) is 0 Å². The number of anilines is 6. The topological polar surface area (TPSA) is 16.3 Å². The first kappa shape index (κ1) is 58.0.